The van der Waals surface area contributed by atoms with Crippen LogP contribution in [0.2, 0.25) is 10.0 Å². The molecular formula is C16H13BrCl2. The van der Waals surface area contributed by atoms with Crippen molar-refractivity contribution in [2.75, 3.05) is 0 Å². The van der Waals surface area contributed by atoms with Gasteiger partial charge in [0, 0.05) is 4.47 Å². The van der Waals surface area contributed by atoms with Crippen LogP contribution in [0.3, 0.4) is 0 Å². The Balaban J connectivity index is 1.98. The van der Waals surface area contributed by atoms with Crippen molar-refractivity contribution in [1.29, 1.82) is 0 Å². The number of benzene rings is 2. The number of fused-ring (bicyclic) bond motifs is 2. The fourth-order valence-electron chi connectivity index (χ4n) is 2.70. The third kappa shape index (κ3) is 2.84. The molecule has 0 amide bonds. The van der Waals surface area contributed by atoms with E-state index >= 15 is 0 Å². The van der Waals surface area contributed by atoms with Gasteiger partial charge in [-0.3, -0.25) is 0 Å². The van der Waals surface area contributed by atoms with Gasteiger partial charge in [0.05, 0.1) is 10.0 Å². The first kappa shape index (κ1) is 13.5. The minimum absolute atomic E-state index is 0.662. The van der Waals surface area contributed by atoms with Gasteiger partial charge in [0.1, 0.15) is 0 Å². The molecule has 0 fully saturated rings. The monoisotopic (exact) mass is 354 g/mol. The smallest absolute Gasteiger partial charge is 0.0595 e. The highest BCUT2D eigenvalue weighted by Crippen LogP contribution is 2.30. The van der Waals surface area contributed by atoms with Gasteiger partial charge in [-0.25, -0.2) is 0 Å². The predicted octanol–water partition coefficient (Wildman–Crippen LogP) is 5.64. The average Bonchev–Trinajstić information content (AvgIpc) is 2.37. The van der Waals surface area contributed by atoms with E-state index < -0.39 is 0 Å². The molecule has 0 aliphatic heterocycles. The predicted molar refractivity (Wildman–Crippen MR) is 85.4 cm³/mol. The third-order valence-electron chi connectivity index (χ3n) is 3.74. The molecule has 0 heterocycles. The Hall–Kier alpha value is -0.500. The van der Waals surface area contributed by atoms with Gasteiger partial charge in [-0.05, 0) is 72.2 Å². The van der Waals surface area contributed by atoms with E-state index in [4.69, 9.17) is 23.2 Å². The normalized spacial score (nSPS) is 14.3. The van der Waals surface area contributed by atoms with Crippen molar-refractivity contribution in [3.63, 3.8) is 0 Å². The van der Waals surface area contributed by atoms with Gasteiger partial charge in [0.2, 0.25) is 0 Å². The van der Waals surface area contributed by atoms with Crippen LogP contribution in [0.5, 0.6) is 0 Å². The van der Waals surface area contributed by atoms with Crippen molar-refractivity contribution in [2.45, 2.75) is 25.7 Å². The first-order valence-corrected chi connectivity index (χ1v) is 7.92. The fourth-order valence-corrected chi connectivity index (χ4v) is 3.49. The molecule has 0 unspecified atom stereocenters. The van der Waals surface area contributed by atoms with Crippen LogP contribution in [0.15, 0.2) is 34.8 Å². The molecule has 0 atom stereocenters. The molecule has 2 aromatic rings. The zero-order valence-corrected chi connectivity index (χ0v) is 13.4. The van der Waals surface area contributed by atoms with E-state index in [0.29, 0.717) is 10.0 Å². The van der Waals surface area contributed by atoms with E-state index in [0.717, 1.165) is 30.2 Å². The Kier molecular flexibility index (Phi) is 3.88. The Morgan fingerprint density at radius 3 is 1.74 bits per heavy atom. The highest BCUT2D eigenvalue weighted by Gasteiger charge is 2.13. The molecule has 0 N–H and O–H groups in total. The van der Waals surface area contributed by atoms with Crippen LogP contribution < -0.4 is 0 Å². The van der Waals surface area contributed by atoms with Gasteiger partial charge in [0.15, 0.2) is 0 Å². The van der Waals surface area contributed by atoms with Crippen LogP contribution in [-0.2, 0) is 25.7 Å². The Bertz CT molecular complexity index is 635. The van der Waals surface area contributed by atoms with Gasteiger partial charge in [-0.15, -0.1) is 0 Å². The van der Waals surface area contributed by atoms with Gasteiger partial charge in [-0.2, -0.15) is 0 Å². The van der Waals surface area contributed by atoms with Crippen molar-refractivity contribution in [3.05, 3.63) is 67.1 Å². The van der Waals surface area contributed by atoms with Crippen LogP contribution in [0.4, 0.5) is 0 Å². The molecule has 2 aromatic carbocycles. The van der Waals surface area contributed by atoms with Crippen molar-refractivity contribution in [3.8, 4) is 0 Å². The summed E-state index contributed by atoms with van der Waals surface area (Å²) >= 11 is 15.8. The highest BCUT2D eigenvalue weighted by molar-refractivity contribution is 9.10. The zero-order chi connectivity index (χ0) is 13.4. The van der Waals surface area contributed by atoms with Gasteiger partial charge in [0.25, 0.3) is 0 Å². The lowest BCUT2D eigenvalue weighted by Gasteiger charge is -2.18. The molecule has 0 saturated heterocycles. The second-order valence-corrected chi connectivity index (χ2v) is 6.68. The molecule has 0 aromatic heterocycles. The lowest BCUT2D eigenvalue weighted by atomic mass is 9.89. The summed E-state index contributed by atoms with van der Waals surface area (Å²) in [6, 6.07) is 10.6. The molecule has 1 aliphatic carbocycles. The van der Waals surface area contributed by atoms with Crippen LogP contribution in [0.1, 0.15) is 22.3 Å². The fraction of sp³-hybridized carbons (Fsp3) is 0.250. The number of rotatable bonds is 0. The second kappa shape index (κ2) is 5.47. The summed E-state index contributed by atoms with van der Waals surface area (Å²) in [5.41, 5.74) is 5.55. The highest BCUT2D eigenvalue weighted by atomic mass is 79.9. The number of hydrogen-bond acceptors (Lipinski definition) is 0. The van der Waals surface area contributed by atoms with Crippen molar-refractivity contribution >= 4 is 39.1 Å². The lowest BCUT2D eigenvalue weighted by molar-refractivity contribution is 0.839. The van der Waals surface area contributed by atoms with Crippen LogP contribution >= 0.6 is 39.1 Å². The molecule has 3 heteroatoms. The van der Waals surface area contributed by atoms with E-state index in [2.05, 4.69) is 34.1 Å². The maximum absolute atomic E-state index is 6.13. The lowest BCUT2D eigenvalue weighted by Crippen LogP contribution is -2.07. The largest absolute Gasteiger partial charge is 0.0827 e. The summed E-state index contributed by atoms with van der Waals surface area (Å²) in [6.45, 7) is 0. The van der Waals surface area contributed by atoms with Gasteiger partial charge >= 0.3 is 0 Å². The van der Waals surface area contributed by atoms with E-state index in [9.17, 15) is 0 Å². The number of halogens is 3. The first-order chi connectivity index (χ1) is 9.13. The van der Waals surface area contributed by atoms with Crippen molar-refractivity contribution in [1.82, 2.24) is 0 Å². The molecule has 0 spiro atoms. The quantitative estimate of drug-likeness (QED) is 0.573. The molecule has 0 nitrogen and oxygen atoms in total. The van der Waals surface area contributed by atoms with E-state index in [1.165, 1.54) is 22.3 Å². The summed E-state index contributed by atoms with van der Waals surface area (Å²) < 4.78 is 1.15. The summed E-state index contributed by atoms with van der Waals surface area (Å²) in [5.74, 6) is 0. The minimum Gasteiger partial charge on any atom is -0.0827 e. The number of aryl methyl sites for hydroxylation is 4. The summed E-state index contributed by atoms with van der Waals surface area (Å²) in [4.78, 5) is 0. The standard InChI is InChI=1S/C16H13BrCl2/c17-14-6-5-10-1-2-12-8-15(18)16(19)9-13(12)4-3-11(10)7-14/h5-9H,1-4H2. The number of hydrogen-bond donors (Lipinski definition) is 0. The van der Waals surface area contributed by atoms with E-state index in [1.54, 1.807) is 0 Å². The van der Waals surface area contributed by atoms with E-state index in [1.807, 2.05) is 12.1 Å². The van der Waals surface area contributed by atoms with Crippen molar-refractivity contribution < 1.29 is 0 Å². The molecular weight excluding hydrogens is 343 g/mol. The maximum atomic E-state index is 6.13. The van der Waals surface area contributed by atoms with Crippen molar-refractivity contribution in [2.24, 2.45) is 0 Å². The average molecular weight is 356 g/mol. The molecule has 1 aliphatic rings. The Morgan fingerprint density at radius 2 is 1.16 bits per heavy atom. The van der Waals surface area contributed by atoms with Crippen LogP contribution in [0.25, 0.3) is 0 Å². The summed E-state index contributed by atoms with van der Waals surface area (Å²) in [5, 5.41) is 1.33. The topological polar surface area (TPSA) is 0 Å². The summed E-state index contributed by atoms with van der Waals surface area (Å²) in [7, 11) is 0. The molecule has 0 bridgehead atoms. The van der Waals surface area contributed by atoms with Crippen LogP contribution in [-0.4, -0.2) is 0 Å². The SMILES string of the molecule is Clc1cc2c(cc1Cl)CCc1cc(Br)ccc1CC2. The van der Waals surface area contributed by atoms with E-state index in [-0.39, 0.29) is 0 Å². The minimum atomic E-state index is 0.662. The third-order valence-corrected chi connectivity index (χ3v) is 4.95. The molecule has 19 heavy (non-hydrogen) atoms. The van der Waals surface area contributed by atoms with Gasteiger partial charge in [-0.1, -0.05) is 45.2 Å². The summed E-state index contributed by atoms with van der Waals surface area (Å²) in [6.07, 6.45) is 4.17. The molecule has 98 valence electrons. The Labute approximate surface area is 131 Å². The van der Waals surface area contributed by atoms with Crippen LogP contribution in [0, 0.1) is 0 Å². The maximum Gasteiger partial charge on any atom is 0.0595 e. The van der Waals surface area contributed by atoms with Gasteiger partial charge < -0.3 is 0 Å². The first-order valence-electron chi connectivity index (χ1n) is 6.37. The molecule has 0 radical (unpaired) electrons. The molecule has 0 saturated carbocycles. The second-order valence-electron chi connectivity index (χ2n) is 4.95. The molecule has 3 rings (SSSR count). The zero-order valence-electron chi connectivity index (χ0n) is 10.3. The Morgan fingerprint density at radius 1 is 0.684 bits per heavy atom.